The van der Waals surface area contributed by atoms with E-state index < -0.39 is 9.84 Å². The molecule has 1 aliphatic rings. The van der Waals surface area contributed by atoms with Crippen LogP contribution in [0.25, 0.3) is 0 Å². The predicted octanol–water partition coefficient (Wildman–Crippen LogP) is 2.73. The van der Waals surface area contributed by atoms with Crippen LogP contribution in [0.5, 0.6) is 0 Å². The molecule has 0 saturated heterocycles. The zero-order valence-corrected chi connectivity index (χ0v) is 13.5. The lowest BCUT2D eigenvalue weighted by Gasteiger charge is -2.19. The van der Waals surface area contributed by atoms with Gasteiger partial charge < -0.3 is 5.32 Å². The van der Waals surface area contributed by atoms with Crippen LogP contribution in [0.4, 0.5) is 0 Å². The smallest absolute Gasteiger partial charge is 0.181 e. The quantitative estimate of drug-likeness (QED) is 0.878. The highest BCUT2D eigenvalue weighted by Gasteiger charge is 2.26. The summed E-state index contributed by atoms with van der Waals surface area (Å²) < 4.78 is 25.3. The van der Waals surface area contributed by atoms with Crippen LogP contribution >= 0.6 is 0 Å². The number of fused-ring (bicyclic) bond motifs is 1. The number of nitrogens with one attached hydrogen (secondary N) is 1. The summed E-state index contributed by atoms with van der Waals surface area (Å²) in [5.41, 5.74) is 2.54. The van der Waals surface area contributed by atoms with Crippen molar-refractivity contribution in [3.63, 3.8) is 0 Å². The van der Waals surface area contributed by atoms with Crippen molar-refractivity contribution in [2.75, 3.05) is 6.54 Å². The molecule has 20 heavy (non-hydrogen) atoms. The van der Waals surface area contributed by atoms with E-state index in [9.17, 15) is 8.42 Å². The molecule has 0 saturated carbocycles. The van der Waals surface area contributed by atoms with Crippen molar-refractivity contribution in [2.45, 2.75) is 62.6 Å². The molecule has 112 valence electrons. The largest absolute Gasteiger partial charge is 0.314 e. The molecule has 1 aromatic rings. The first-order valence-corrected chi connectivity index (χ1v) is 9.09. The van der Waals surface area contributed by atoms with Gasteiger partial charge in [0.2, 0.25) is 0 Å². The zero-order chi connectivity index (χ0) is 14.8. The molecule has 3 nitrogen and oxygen atoms in total. The molecular formula is C16H25NO2S. The second-order valence-corrected chi connectivity index (χ2v) is 8.20. The van der Waals surface area contributed by atoms with Crippen molar-refractivity contribution in [1.29, 1.82) is 0 Å². The van der Waals surface area contributed by atoms with Gasteiger partial charge in [-0.1, -0.05) is 13.0 Å². The Morgan fingerprint density at radius 1 is 1.20 bits per heavy atom. The highest BCUT2D eigenvalue weighted by atomic mass is 32.2. The number of hydrogen-bond acceptors (Lipinski definition) is 3. The van der Waals surface area contributed by atoms with Crippen molar-refractivity contribution in [1.82, 2.24) is 5.32 Å². The van der Waals surface area contributed by atoms with Gasteiger partial charge >= 0.3 is 0 Å². The molecule has 0 radical (unpaired) electrons. The molecule has 2 rings (SSSR count). The molecular weight excluding hydrogens is 270 g/mol. The van der Waals surface area contributed by atoms with Gasteiger partial charge in [0.05, 0.1) is 10.1 Å². The second-order valence-electron chi connectivity index (χ2n) is 5.83. The standard InChI is InChI=1S/C16H25NO2S/c1-4-17-12(2)10-13(3)20(18,19)16-9-8-14-6-5-7-15(14)11-16/h8-9,11-13,17H,4-7,10H2,1-3H3. The van der Waals surface area contributed by atoms with E-state index in [-0.39, 0.29) is 11.3 Å². The maximum Gasteiger partial charge on any atom is 0.181 e. The van der Waals surface area contributed by atoms with Crippen LogP contribution in [0.3, 0.4) is 0 Å². The van der Waals surface area contributed by atoms with Crippen molar-refractivity contribution in [2.24, 2.45) is 0 Å². The average Bonchev–Trinajstić information content (AvgIpc) is 2.85. The van der Waals surface area contributed by atoms with E-state index in [1.807, 2.05) is 32.9 Å². The number of hydrogen-bond donors (Lipinski definition) is 1. The molecule has 1 N–H and O–H groups in total. The Morgan fingerprint density at radius 3 is 2.60 bits per heavy atom. The van der Waals surface area contributed by atoms with Crippen molar-refractivity contribution in [3.8, 4) is 0 Å². The second kappa shape index (κ2) is 6.27. The van der Waals surface area contributed by atoms with Gasteiger partial charge in [-0.3, -0.25) is 0 Å². The molecule has 0 amide bonds. The van der Waals surface area contributed by atoms with E-state index in [0.717, 1.165) is 25.8 Å². The van der Waals surface area contributed by atoms with Gasteiger partial charge in [-0.2, -0.15) is 0 Å². The monoisotopic (exact) mass is 295 g/mol. The van der Waals surface area contributed by atoms with Gasteiger partial charge in [-0.15, -0.1) is 0 Å². The Balaban J connectivity index is 2.17. The van der Waals surface area contributed by atoms with Gasteiger partial charge in [-0.05, 0) is 69.3 Å². The molecule has 2 atom stereocenters. The Kier molecular flexibility index (Phi) is 4.86. The van der Waals surface area contributed by atoms with Crippen LogP contribution in [0.15, 0.2) is 23.1 Å². The summed E-state index contributed by atoms with van der Waals surface area (Å²) in [7, 11) is -3.21. The summed E-state index contributed by atoms with van der Waals surface area (Å²) in [5, 5.41) is 2.93. The summed E-state index contributed by atoms with van der Waals surface area (Å²) in [6, 6.07) is 5.90. The first-order chi connectivity index (χ1) is 9.45. The third-order valence-corrected chi connectivity index (χ3v) is 6.33. The van der Waals surface area contributed by atoms with Crippen LogP contribution in [0.2, 0.25) is 0 Å². The van der Waals surface area contributed by atoms with E-state index in [0.29, 0.717) is 11.3 Å². The molecule has 0 heterocycles. The van der Waals surface area contributed by atoms with Crippen LogP contribution in [0.1, 0.15) is 44.7 Å². The fourth-order valence-electron chi connectivity index (χ4n) is 3.01. The van der Waals surface area contributed by atoms with E-state index in [1.54, 1.807) is 6.07 Å². The summed E-state index contributed by atoms with van der Waals surface area (Å²) in [6.45, 7) is 6.76. The fourth-order valence-corrected chi connectivity index (χ4v) is 4.58. The maximum atomic E-state index is 12.6. The average molecular weight is 295 g/mol. The highest BCUT2D eigenvalue weighted by molar-refractivity contribution is 7.92. The lowest BCUT2D eigenvalue weighted by molar-refractivity contribution is 0.509. The Morgan fingerprint density at radius 2 is 1.90 bits per heavy atom. The van der Waals surface area contributed by atoms with Crippen LogP contribution < -0.4 is 5.32 Å². The van der Waals surface area contributed by atoms with Crippen LogP contribution in [-0.2, 0) is 22.7 Å². The minimum absolute atomic E-state index is 0.221. The molecule has 4 heteroatoms. The summed E-state index contributed by atoms with van der Waals surface area (Å²) >= 11 is 0. The van der Waals surface area contributed by atoms with Gasteiger partial charge in [-0.25, -0.2) is 8.42 Å². The lowest BCUT2D eigenvalue weighted by Crippen LogP contribution is -2.32. The number of rotatable bonds is 6. The van der Waals surface area contributed by atoms with E-state index in [4.69, 9.17) is 0 Å². The minimum atomic E-state index is -3.21. The lowest BCUT2D eigenvalue weighted by atomic mass is 10.1. The van der Waals surface area contributed by atoms with Gasteiger partial charge in [0, 0.05) is 6.04 Å². The molecule has 0 bridgehead atoms. The molecule has 1 aromatic carbocycles. The van der Waals surface area contributed by atoms with E-state index >= 15 is 0 Å². The van der Waals surface area contributed by atoms with E-state index in [2.05, 4.69) is 5.32 Å². The predicted molar refractivity (Wildman–Crippen MR) is 82.9 cm³/mol. The summed E-state index contributed by atoms with van der Waals surface area (Å²) in [6.07, 6.45) is 3.89. The van der Waals surface area contributed by atoms with Crippen LogP contribution in [-0.4, -0.2) is 26.3 Å². The number of aryl methyl sites for hydroxylation is 2. The normalized spacial score (nSPS) is 17.8. The molecule has 0 aliphatic heterocycles. The summed E-state index contributed by atoms with van der Waals surface area (Å²) in [5.74, 6) is 0. The van der Waals surface area contributed by atoms with Crippen LogP contribution in [0, 0.1) is 0 Å². The Labute approximate surface area is 122 Å². The van der Waals surface area contributed by atoms with Gasteiger partial charge in [0.15, 0.2) is 9.84 Å². The van der Waals surface area contributed by atoms with Crippen molar-refractivity contribution < 1.29 is 8.42 Å². The maximum absolute atomic E-state index is 12.6. The Hall–Kier alpha value is -0.870. The van der Waals surface area contributed by atoms with Crippen molar-refractivity contribution >= 4 is 9.84 Å². The van der Waals surface area contributed by atoms with E-state index in [1.165, 1.54) is 11.1 Å². The van der Waals surface area contributed by atoms with Gasteiger partial charge in [0.1, 0.15) is 0 Å². The third kappa shape index (κ3) is 3.23. The molecule has 0 fully saturated rings. The van der Waals surface area contributed by atoms with Crippen molar-refractivity contribution in [3.05, 3.63) is 29.3 Å². The SMILES string of the molecule is CCNC(C)CC(C)S(=O)(=O)c1ccc2c(c1)CCC2. The van der Waals surface area contributed by atoms with Gasteiger partial charge in [0.25, 0.3) is 0 Å². The highest BCUT2D eigenvalue weighted by Crippen LogP contribution is 2.27. The summed E-state index contributed by atoms with van der Waals surface area (Å²) in [4.78, 5) is 0.495. The molecule has 1 aliphatic carbocycles. The first kappa shape index (κ1) is 15.5. The topological polar surface area (TPSA) is 46.2 Å². The minimum Gasteiger partial charge on any atom is -0.314 e. The zero-order valence-electron chi connectivity index (χ0n) is 12.6. The third-order valence-electron chi connectivity index (χ3n) is 4.17. The molecule has 0 spiro atoms. The number of sulfone groups is 1. The molecule has 2 unspecified atom stereocenters. The Bertz CT molecular complexity index is 566. The fraction of sp³-hybridized carbons (Fsp3) is 0.625. The number of benzene rings is 1. The first-order valence-electron chi connectivity index (χ1n) is 7.54. The molecule has 0 aromatic heterocycles.